The molecule has 0 saturated carbocycles. The van der Waals surface area contributed by atoms with E-state index in [-0.39, 0.29) is 16.7 Å². The maximum absolute atomic E-state index is 10.9. The highest BCUT2D eigenvalue weighted by Gasteiger charge is 2.26. The topological polar surface area (TPSA) is 58.7 Å². The Hall–Kier alpha value is -3.47. The predicted molar refractivity (Wildman–Crippen MR) is 107 cm³/mol. The van der Waals surface area contributed by atoms with Crippen molar-refractivity contribution in [2.75, 3.05) is 5.01 Å². The minimum absolute atomic E-state index is 0.0947. The monoisotopic (exact) mass is 357 g/mol. The molecule has 1 atom stereocenters. The molecule has 0 aliphatic carbocycles. The Labute approximate surface area is 157 Å². The lowest BCUT2D eigenvalue weighted by Gasteiger charge is -2.34. The number of nitrogens with zero attached hydrogens (tertiary/aromatic N) is 3. The van der Waals surface area contributed by atoms with Crippen LogP contribution in [0.2, 0.25) is 0 Å². The number of nitro benzene ring substituents is 1. The summed E-state index contributed by atoms with van der Waals surface area (Å²) in [5.74, 6) is 0. The van der Waals surface area contributed by atoms with Crippen LogP contribution in [0.4, 0.5) is 11.4 Å². The van der Waals surface area contributed by atoms with Crippen molar-refractivity contribution in [3.05, 3.63) is 106 Å². The van der Waals surface area contributed by atoms with E-state index in [1.165, 1.54) is 17.7 Å². The summed E-state index contributed by atoms with van der Waals surface area (Å²) in [6.45, 7) is 0. The van der Waals surface area contributed by atoms with Gasteiger partial charge in [-0.3, -0.25) is 15.1 Å². The standard InChI is InChI=1S/C22H19N3O2/c26-25(27)20-13-11-17(12-14-20)21-15-16-22(18-7-3-1-4-8-18)24(23-21)19-9-5-2-6-10-19/h1-14,22H,15-16H2. The maximum atomic E-state index is 10.9. The van der Waals surface area contributed by atoms with E-state index in [1.54, 1.807) is 12.1 Å². The Morgan fingerprint density at radius 1 is 0.889 bits per heavy atom. The van der Waals surface area contributed by atoms with Gasteiger partial charge in [0.15, 0.2) is 0 Å². The maximum Gasteiger partial charge on any atom is 0.269 e. The number of para-hydroxylation sites is 1. The largest absolute Gasteiger partial charge is 0.269 e. The van der Waals surface area contributed by atoms with Crippen LogP contribution in [0, 0.1) is 10.1 Å². The molecule has 1 unspecified atom stereocenters. The Morgan fingerprint density at radius 3 is 2.15 bits per heavy atom. The molecule has 0 N–H and O–H groups in total. The van der Waals surface area contributed by atoms with Crippen LogP contribution in [-0.4, -0.2) is 10.6 Å². The SMILES string of the molecule is O=[N+]([O-])c1ccc(C2=NN(c3ccccc3)C(c3ccccc3)CC2)cc1. The fourth-order valence-electron chi connectivity index (χ4n) is 3.42. The quantitative estimate of drug-likeness (QED) is 0.468. The van der Waals surface area contributed by atoms with E-state index < -0.39 is 0 Å². The molecule has 0 radical (unpaired) electrons. The second-order valence-corrected chi connectivity index (χ2v) is 6.50. The molecule has 4 rings (SSSR count). The summed E-state index contributed by atoms with van der Waals surface area (Å²) in [4.78, 5) is 10.5. The second kappa shape index (κ2) is 7.41. The highest BCUT2D eigenvalue weighted by molar-refractivity contribution is 6.01. The van der Waals surface area contributed by atoms with Gasteiger partial charge in [-0.1, -0.05) is 48.5 Å². The Morgan fingerprint density at radius 2 is 1.52 bits per heavy atom. The zero-order valence-corrected chi connectivity index (χ0v) is 14.7. The van der Waals surface area contributed by atoms with Gasteiger partial charge in [-0.2, -0.15) is 5.10 Å². The van der Waals surface area contributed by atoms with Gasteiger partial charge >= 0.3 is 0 Å². The number of nitro groups is 1. The lowest BCUT2D eigenvalue weighted by molar-refractivity contribution is -0.384. The highest BCUT2D eigenvalue weighted by atomic mass is 16.6. The molecular weight excluding hydrogens is 338 g/mol. The van der Waals surface area contributed by atoms with Crippen LogP contribution in [0.15, 0.2) is 90.0 Å². The molecule has 3 aromatic carbocycles. The van der Waals surface area contributed by atoms with Gasteiger partial charge in [0.1, 0.15) is 0 Å². The zero-order valence-electron chi connectivity index (χ0n) is 14.7. The van der Waals surface area contributed by atoms with Crippen LogP contribution in [0.5, 0.6) is 0 Å². The summed E-state index contributed by atoms with van der Waals surface area (Å²) in [6.07, 6.45) is 1.75. The first kappa shape index (κ1) is 17.0. The van der Waals surface area contributed by atoms with Crippen molar-refractivity contribution in [2.24, 2.45) is 5.10 Å². The molecule has 27 heavy (non-hydrogen) atoms. The summed E-state index contributed by atoms with van der Waals surface area (Å²) >= 11 is 0. The average Bonchev–Trinajstić information content (AvgIpc) is 2.74. The van der Waals surface area contributed by atoms with Gasteiger partial charge in [-0.05, 0) is 48.2 Å². The molecule has 134 valence electrons. The van der Waals surface area contributed by atoms with E-state index in [1.807, 2.05) is 36.4 Å². The second-order valence-electron chi connectivity index (χ2n) is 6.50. The van der Waals surface area contributed by atoms with Crippen LogP contribution < -0.4 is 5.01 Å². The predicted octanol–water partition coefficient (Wildman–Crippen LogP) is 5.34. The number of non-ortho nitro benzene ring substituents is 1. The minimum Gasteiger partial charge on any atom is -0.258 e. The van der Waals surface area contributed by atoms with Crippen LogP contribution >= 0.6 is 0 Å². The lowest BCUT2D eigenvalue weighted by Crippen LogP contribution is -2.30. The van der Waals surface area contributed by atoms with Crippen molar-refractivity contribution >= 4 is 17.1 Å². The van der Waals surface area contributed by atoms with Crippen molar-refractivity contribution < 1.29 is 4.92 Å². The van der Waals surface area contributed by atoms with Crippen LogP contribution in [0.1, 0.15) is 30.0 Å². The molecule has 0 amide bonds. The summed E-state index contributed by atoms with van der Waals surface area (Å²) in [6, 6.07) is 27.3. The van der Waals surface area contributed by atoms with Crippen LogP contribution in [-0.2, 0) is 0 Å². The normalized spacial score (nSPS) is 16.7. The van der Waals surface area contributed by atoms with Crippen molar-refractivity contribution in [3.63, 3.8) is 0 Å². The molecular formula is C22H19N3O2. The van der Waals surface area contributed by atoms with Gasteiger partial charge < -0.3 is 0 Å². The molecule has 1 aliphatic heterocycles. The average molecular weight is 357 g/mol. The molecule has 0 bridgehead atoms. The van der Waals surface area contributed by atoms with Gasteiger partial charge in [0.05, 0.1) is 22.4 Å². The Balaban J connectivity index is 1.72. The Kier molecular flexibility index (Phi) is 4.66. The minimum atomic E-state index is -0.381. The number of benzene rings is 3. The number of rotatable bonds is 4. The molecule has 5 heteroatoms. The molecule has 3 aromatic rings. The summed E-state index contributed by atoms with van der Waals surface area (Å²) in [5, 5.41) is 17.9. The lowest BCUT2D eigenvalue weighted by atomic mass is 9.95. The van der Waals surface area contributed by atoms with E-state index >= 15 is 0 Å². The molecule has 1 aliphatic rings. The fraction of sp³-hybridized carbons (Fsp3) is 0.136. The van der Waals surface area contributed by atoms with E-state index in [0.717, 1.165) is 29.8 Å². The smallest absolute Gasteiger partial charge is 0.258 e. The van der Waals surface area contributed by atoms with Crippen molar-refractivity contribution in [1.82, 2.24) is 0 Å². The first-order valence-corrected chi connectivity index (χ1v) is 8.94. The van der Waals surface area contributed by atoms with Gasteiger partial charge in [-0.25, -0.2) is 0 Å². The van der Waals surface area contributed by atoms with Crippen molar-refractivity contribution in [3.8, 4) is 0 Å². The van der Waals surface area contributed by atoms with Gasteiger partial charge in [0.25, 0.3) is 5.69 Å². The van der Waals surface area contributed by atoms with Gasteiger partial charge in [0, 0.05) is 12.1 Å². The first-order chi connectivity index (χ1) is 13.2. The fourth-order valence-corrected chi connectivity index (χ4v) is 3.42. The summed E-state index contributed by atoms with van der Waals surface area (Å²) in [7, 11) is 0. The van der Waals surface area contributed by atoms with E-state index in [9.17, 15) is 10.1 Å². The molecule has 0 fully saturated rings. The molecule has 0 saturated heterocycles. The number of hydrogen-bond donors (Lipinski definition) is 0. The van der Waals surface area contributed by atoms with Crippen LogP contribution in [0.25, 0.3) is 0 Å². The summed E-state index contributed by atoms with van der Waals surface area (Å²) in [5.41, 5.74) is 4.23. The molecule has 5 nitrogen and oxygen atoms in total. The van der Waals surface area contributed by atoms with E-state index in [4.69, 9.17) is 5.10 Å². The van der Waals surface area contributed by atoms with Gasteiger partial charge in [-0.15, -0.1) is 0 Å². The highest BCUT2D eigenvalue weighted by Crippen LogP contribution is 2.35. The number of hydrogen-bond acceptors (Lipinski definition) is 4. The third kappa shape index (κ3) is 3.58. The summed E-state index contributed by atoms with van der Waals surface area (Å²) < 4.78 is 0. The molecule has 0 aromatic heterocycles. The van der Waals surface area contributed by atoms with Crippen molar-refractivity contribution in [2.45, 2.75) is 18.9 Å². The van der Waals surface area contributed by atoms with E-state index in [2.05, 4.69) is 29.3 Å². The molecule has 1 heterocycles. The van der Waals surface area contributed by atoms with Gasteiger partial charge in [0.2, 0.25) is 0 Å². The van der Waals surface area contributed by atoms with E-state index in [0.29, 0.717) is 0 Å². The number of anilines is 1. The third-order valence-corrected chi connectivity index (χ3v) is 4.79. The van der Waals surface area contributed by atoms with Crippen LogP contribution in [0.3, 0.4) is 0 Å². The van der Waals surface area contributed by atoms with Crippen molar-refractivity contribution in [1.29, 1.82) is 0 Å². The zero-order chi connectivity index (χ0) is 18.6. The number of hydrazone groups is 1. The molecule has 0 spiro atoms. The first-order valence-electron chi connectivity index (χ1n) is 8.94. The Bertz CT molecular complexity index is 954. The third-order valence-electron chi connectivity index (χ3n) is 4.79.